The minimum Gasteiger partial charge on any atom is -0.334 e. The van der Waals surface area contributed by atoms with Crippen LogP contribution >= 0.6 is 0 Å². The van der Waals surface area contributed by atoms with E-state index in [9.17, 15) is 13.2 Å². The molecule has 0 saturated carbocycles. The van der Waals surface area contributed by atoms with Crippen molar-refractivity contribution in [3.05, 3.63) is 65.2 Å². The average molecular weight is 401 g/mol. The molecule has 0 saturated heterocycles. The van der Waals surface area contributed by atoms with Crippen LogP contribution in [0.3, 0.4) is 0 Å². The van der Waals surface area contributed by atoms with E-state index < -0.39 is 10.0 Å². The lowest BCUT2D eigenvalue weighted by molar-refractivity contribution is 0.0734. The Bertz CT molecular complexity index is 917. The average Bonchev–Trinajstić information content (AvgIpc) is 2.72. The third-order valence-electron chi connectivity index (χ3n) is 5.10. The molecule has 1 heterocycles. The first-order valence-electron chi connectivity index (χ1n) is 9.93. The Kier molecular flexibility index (Phi) is 6.52. The molecule has 0 bridgehead atoms. The van der Waals surface area contributed by atoms with Gasteiger partial charge in [0.1, 0.15) is 0 Å². The fourth-order valence-corrected chi connectivity index (χ4v) is 5.25. The second-order valence-electron chi connectivity index (χ2n) is 7.17. The zero-order valence-electron chi connectivity index (χ0n) is 16.6. The minimum absolute atomic E-state index is 0.0579. The number of hydrogen-bond donors (Lipinski definition) is 0. The van der Waals surface area contributed by atoms with Crippen LogP contribution in [0.4, 0.5) is 0 Å². The monoisotopic (exact) mass is 400 g/mol. The van der Waals surface area contributed by atoms with Crippen molar-refractivity contribution in [3.63, 3.8) is 0 Å². The Balaban J connectivity index is 1.76. The molecule has 0 fully saturated rings. The van der Waals surface area contributed by atoms with Gasteiger partial charge in [-0.25, -0.2) is 8.42 Å². The number of sulfonamides is 1. The van der Waals surface area contributed by atoms with Crippen molar-refractivity contribution >= 4 is 15.9 Å². The molecule has 0 spiro atoms. The van der Waals surface area contributed by atoms with Gasteiger partial charge in [-0.2, -0.15) is 4.31 Å². The molecule has 2 aromatic rings. The van der Waals surface area contributed by atoms with Gasteiger partial charge in [0.05, 0.1) is 4.90 Å². The van der Waals surface area contributed by atoms with Crippen molar-refractivity contribution in [2.45, 2.75) is 44.6 Å². The molecule has 0 aliphatic carbocycles. The maximum Gasteiger partial charge on any atom is 0.254 e. The molecule has 0 aromatic heterocycles. The summed E-state index contributed by atoms with van der Waals surface area (Å²) in [4.78, 5) is 14.9. The molecule has 6 heteroatoms. The SMILES string of the molecule is CCCN(CCC)S(=O)(=O)c1ccc(C(=O)N2CCc3ccccc3C2)cc1. The van der Waals surface area contributed by atoms with E-state index in [1.54, 1.807) is 24.3 Å². The molecule has 0 atom stereocenters. The molecule has 0 N–H and O–H groups in total. The van der Waals surface area contributed by atoms with Crippen LogP contribution in [0.25, 0.3) is 0 Å². The van der Waals surface area contributed by atoms with Crippen molar-refractivity contribution in [1.82, 2.24) is 9.21 Å². The number of amides is 1. The summed E-state index contributed by atoms with van der Waals surface area (Å²) in [5.41, 5.74) is 2.99. The van der Waals surface area contributed by atoms with Gasteiger partial charge in [-0.05, 0) is 54.7 Å². The largest absolute Gasteiger partial charge is 0.334 e. The summed E-state index contributed by atoms with van der Waals surface area (Å²) < 4.78 is 27.2. The van der Waals surface area contributed by atoms with Crippen LogP contribution < -0.4 is 0 Å². The minimum atomic E-state index is -3.52. The summed E-state index contributed by atoms with van der Waals surface area (Å²) in [6.45, 7) is 6.22. The quantitative estimate of drug-likeness (QED) is 0.712. The smallest absolute Gasteiger partial charge is 0.254 e. The first-order chi connectivity index (χ1) is 13.5. The lowest BCUT2D eigenvalue weighted by Crippen LogP contribution is -2.36. The van der Waals surface area contributed by atoms with Crippen LogP contribution in [0.5, 0.6) is 0 Å². The lowest BCUT2D eigenvalue weighted by atomic mass is 9.99. The molecule has 28 heavy (non-hydrogen) atoms. The number of rotatable bonds is 7. The summed E-state index contributed by atoms with van der Waals surface area (Å²) in [5, 5.41) is 0. The predicted molar refractivity (Wildman–Crippen MR) is 111 cm³/mol. The summed E-state index contributed by atoms with van der Waals surface area (Å²) in [7, 11) is -3.52. The van der Waals surface area contributed by atoms with E-state index in [0.717, 1.165) is 19.3 Å². The summed E-state index contributed by atoms with van der Waals surface area (Å²) in [6.07, 6.45) is 2.38. The lowest BCUT2D eigenvalue weighted by Gasteiger charge is -2.29. The van der Waals surface area contributed by atoms with Crippen LogP contribution in [0.15, 0.2) is 53.4 Å². The van der Waals surface area contributed by atoms with Crippen molar-refractivity contribution in [1.29, 1.82) is 0 Å². The zero-order chi connectivity index (χ0) is 20.1. The number of fused-ring (bicyclic) bond motifs is 1. The molecule has 1 aliphatic heterocycles. The Hall–Kier alpha value is -2.18. The molecule has 5 nitrogen and oxygen atoms in total. The second-order valence-corrected chi connectivity index (χ2v) is 9.11. The van der Waals surface area contributed by atoms with Crippen LogP contribution in [-0.4, -0.2) is 43.2 Å². The van der Waals surface area contributed by atoms with Gasteiger partial charge in [0.2, 0.25) is 10.0 Å². The van der Waals surface area contributed by atoms with Crippen LogP contribution in [-0.2, 0) is 23.0 Å². The third-order valence-corrected chi connectivity index (χ3v) is 7.02. The maximum atomic E-state index is 12.9. The number of benzene rings is 2. The van der Waals surface area contributed by atoms with Crippen LogP contribution in [0.1, 0.15) is 48.2 Å². The summed E-state index contributed by atoms with van der Waals surface area (Å²) in [5.74, 6) is -0.0579. The van der Waals surface area contributed by atoms with Gasteiger partial charge in [-0.3, -0.25) is 4.79 Å². The molecule has 3 rings (SSSR count). The van der Waals surface area contributed by atoms with E-state index in [1.807, 2.05) is 30.9 Å². The molecular formula is C22H28N2O3S. The van der Waals surface area contributed by atoms with Gasteiger partial charge in [0, 0.05) is 31.7 Å². The molecule has 0 unspecified atom stereocenters. The number of carbonyl (C=O) groups is 1. The van der Waals surface area contributed by atoms with Crippen molar-refractivity contribution < 1.29 is 13.2 Å². The Morgan fingerprint density at radius 2 is 1.57 bits per heavy atom. The van der Waals surface area contributed by atoms with E-state index in [0.29, 0.717) is 31.7 Å². The highest BCUT2D eigenvalue weighted by Gasteiger charge is 2.25. The molecule has 1 aliphatic rings. The van der Waals surface area contributed by atoms with E-state index >= 15 is 0 Å². The molecule has 2 aromatic carbocycles. The Morgan fingerprint density at radius 3 is 2.18 bits per heavy atom. The number of nitrogens with zero attached hydrogens (tertiary/aromatic N) is 2. The van der Waals surface area contributed by atoms with E-state index in [1.165, 1.54) is 15.4 Å². The highest BCUT2D eigenvalue weighted by Crippen LogP contribution is 2.22. The molecule has 0 radical (unpaired) electrons. The normalized spacial score (nSPS) is 14.2. The van der Waals surface area contributed by atoms with Gasteiger partial charge in [-0.15, -0.1) is 0 Å². The predicted octanol–water partition coefficient (Wildman–Crippen LogP) is 3.70. The highest BCUT2D eigenvalue weighted by molar-refractivity contribution is 7.89. The first-order valence-corrected chi connectivity index (χ1v) is 11.4. The van der Waals surface area contributed by atoms with Gasteiger partial charge in [0.15, 0.2) is 0 Å². The van der Waals surface area contributed by atoms with E-state index in [-0.39, 0.29) is 10.8 Å². The fourth-order valence-electron chi connectivity index (χ4n) is 3.62. The van der Waals surface area contributed by atoms with E-state index in [4.69, 9.17) is 0 Å². The van der Waals surface area contributed by atoms with Crippen LogP contribution in [0, 0.1) is 0 Å². The number of hydrogen-bond acceptors (Lipinski definition) is 3. The Morgan fingerprint density at radius 1 is 0.964 bits per heavy atom. The van der Waals surface area contributed by atoms with Crippen molar-refractivity contribution in [2.75, 3.05) is 19.6 Å². The highest BCUT2D eigenvalue weighted by atomic mass is 32.2. The zero-order valence-corrected chi connectivity index (χ0v) is 17.4. The summed E-state index contributed by atoms with van der Waals surface area (Å²) >= 11 is 0. The van der Waals surface area contributed by atoms with Crippen LogP contribution in [0.2, 0.25) is 0 Å². The molecule has 150 valence electrons. The van der Waals surface area contributed by atoms with Gasteiger partial charge in [0.25, 0.3) is 5.91 Å². The van der Waals surface area contributed by atoms with Crippen molar-refractivity contribution in [3.8, 4) is 0 Å². The molecular weight excluding hydrogens is 372 g/mol. The van der Waals surface area contributed by atoms with Gasteiger partial charge >= 0.3 is 0 Å². The second kappa shape index (κ2) is 8.88. The molecule has 1 amide bonds. The first kappa shape index (κ1) is 20.6. The standard InChI is InChI=1S/C22H28N2O3S/c1-3-14-24(15-4-2)28(26,27)21-11-9-19(10-12-21)22(25)23-16-13-18-7-5-6-8-20(18)17-23/h5-12H,3-4,13-17H2,1-2H3. The Labute approximate surface area is 168 Å². The topological polar surface area (TPSA) is 57.7 Å². The van der Waals surface area contributed by atoms with Gasteiger partial charge in [-0.1, -0.05) is 38.1 Å². The van der Waals surface area contributed by atoms with Crippen molar-refractivity contribution in [2.24, 2.45) is 0 Å². The summed E-state index contributed by atoms with van der Waals surface area (Å²) in [6, 6.07) is 14.5. The number of carbonyl (C=O) groups excluding carboxylic acids is 1. The van der Waals surface area contributed by atoms with Gasteiger partial charge < -0.3 is 4.90 Å². The third kappa shape index (κ3) is 4.28. The maximum absolute atomic E-state index is 12.9. The van der Waals surface area contributed by atoms with E-state index in [2.05, 4.69) is 12.1 Å². The fraction of sp³-hybridized carbons (Fsp3) is 0.409.